The van der Waals surface area contributed by atoms with E-state index in [-0.39, 0.29) is 17.0 Å². The molecule has 1 N–H and O–H groups in total. The Hall–Kier alpha value is -2.63. The molecule has 2 aromatic heterocycles. The average Bonchev–Trinajstić information content (AvgIpc) is 2.39. The molecule has 0 spiro atoms. The Morgan fingerprint density at radius 1 is 1.22 bits per heavy atom. The number of aryl methyl sites for hydroxylation is 1. The molecular formula is C12H9N3O3. The largest absolute Gasteiger partial charge is 0.476 e. The van der Waals surface area contributed by atoms with Crippen LogP contribution in [0.25, 0.3) is 0 Å². The first-order valence-electron chi connectivity index (χ1n) is 5.12. The Labute approximate surface area is 102 Å². The van der Waals surface area contributed by atoms with E-state index < -0.39 is 11.8 Å². The Morgan fingerprint density at radius 3 is 2.61 bits per heavy atom. The zero-order valence-electron chi connectivity index (χ0n) is 9.49. The van der Waals surface area contributed by atoms with Crippen molar-refractivity contribution in [3.05, 3.63) is 53.4 Å². The third-order valence-corrected chi connectivity index (χ3v) is 2.25. The van der Waals surface area contributed by atoms with E-state index >= 15 is 0 Å². The minimum atomic E-state index is -1.26. The van der Waals surface area contributed by atoms with Crippen LogP contribution >= 0.6 is 0 Å². The fraction of sp³-hybridized carbons (Fsp3) is 0.0833. The number of hydrogen-bond donors (Lipinski definition) is 1. The molecule has 2 rings (SSSR count). The van der Waals surface area contributed by atoms with Crippen molar-refractivity contribution in [1.29, 1.82) is 0 Å². The number of carbonyl (C=O) groups excluding carboxylic acids is 1. The molecule has 0 radical (unpaired) electrons. The molecule has 6 heteroatoms. The lowest BCUT2D eigenvalue weighted by molar-refractivity contribution is 0.0685. The van der Waals surface area contributed by atoms with Crippen LogP contribution in [-0.2, 0) is 0 Å². The van der Waals surface area contributed by atoms with E-state index in [9.17, 15) is 9.59 Å². The summed E-state index contributed by atoms with van der Waals surface area (Å²) in [5.41, 5.74) is -0.211. The predicted molar refractivity (Wildman–Crippen MR) is 61.4 cm³/mol. The Kier molecular flexibility index (Phi) is 3.09. The van der Waals surface area contributed by atoms with Crippen LogP contribution in [0.1, 0.15) is 32.4 Å². The summed E-state index contributed by atoms with van der Waals surface area (Å²) in [6, 6.07) is 4.82. The molecule has 0 aromatic carbocycles. The number of nitrogens with zero attached hydrogens (tertiary/aromatic N) is 3. The van der Waals surface area contributed by atoms with Gasteiger partial charge >= 0.3 is 5.97 Å². The van der Waals surface area contributed by atoms with Gasteiger partial charge in [-0.3, -0.25) is 9.78 Å². The summed E-state index contributed by atoms with van der Waals surface area (Å²) in [4.78, 5) is 34.6. The van der Waals surface area contributed by atoms with Crippen molar-refractivity contribution < 1.29 is 14.7 Å². The highest BCUT2D eigenvalue weighted by atomic mass is 16.4. The molecule has 0 fully saturated rings. The SMILES string of the molecule is Cc1ncc(C(=O)c2ccccn2)c(C(=O)O)n1. The molecule has 0 aliphatic heterocycles. The number of carboxylic acid groups (broad SMARTS) is 1. The van der Waals surface area contributed by atoms with E-state index in [1.807, 2.05) is 0 Å². The number of carbonyl (C=O) groups is 2. The van der Waals surface area contributed by atoms with Crippen LogP contribution in [-0.4, -0.2) is 31.8 Å². The zero-order valence-corrected chi connectivity index (χ0v) is 9.49. The molecule has 2 aromatic rings. The number of rotatable bonds is 3. The molecule has 0 unspecified atom stereocenters. The molecule has 0 saturated carbocycles. The monoisotopic (exact) mass is 243 g/mol. The Bertz CT molecular complexity index is 611. The maximum absolute atomic E-state index is 12.1. The van der Waals surface area contributed by atoms with Crippen LogP contribution in [0, 0.1) is 6.92 Å². The first kappa shape index (κ1) is 11.8. The second-order valence-electron chi connectivity index (χ2n) is 3.53. The summed E-state index contributed by atoms with van der Waals surface area (Å²) in [7, 11) is 0. The molecule has 0 atom stereocenters. The van der Waals surface area contributed by atoms with E-state index in [0.717, 1.165) is 0 Å². The van der Waals surface area contributed by atoms with Crippen LogP contribution in [0.3, 0.4) is 0 Å². The van der Waals surface area contributed by atoms with Gasteiger partial charge in [0.1, 0.15) is 11.5 Å². The number of hydrogen-bond acceptors (Lipinski definition) is 5. The first-order valence-corrected chi connectivity index (χ1v) is 5.12. The summed E-state index contributed by atoms with van der Waals surface area (Å²) in [5, 5.41) is 9.02. The van der Waals surface area contributed by atoms with E-state index in [1.54, 1.807) is 19.1 Å². The van der Waals surface area contributed by atoms with Gasteiger partial charge in [0, 0.05) is 12.4 Å². The molecule has 2 heterocycles. The third-order valence-electron chi connectivity index (χ3n) is 2.25. The molecule has 0 bridgehead atoms. The van der Waals surface area contributed by atoms with Gasteiger partial charge in [0.25, 0.3) is 0 Å². The van der Waals surface area contributed by atoms with Crippen LogP contribution in [0.15, 0.2) is 30.6 Å². The van der Waals surface area contributed by atoms with E-state index in [4.69, 9.17) is 5.11 Å². The van der Waals surface area contributed by atoms with Gasteiger partial charge in [-0.25, -0.2) is 14.8 Å². The molecule has 0 aliphatic carbocycles. The standard InChI is InChI=1S/C12H9N3O3/c1-7-14-6-8(10(15-7)12(17)18)11(16)9-4-2-3-5-13-9/h2-6H,1H3,(H,17,18). The van der Waals surface area contributed by atoms with Crippen molar-refractivity contribution in [2.24, 2.45) is 0 Å². The van der Waals surface area contributed by atoms with Crippen LogP contribution in [0.5, 0.6) is 0 Å². The van der Waals surface area contributed by atoms with Crippen molar-refractivity contribution in [1.82, 2.24) is 15.0 Å². The number of aromatic nitrogens is 3. The van der Waals surface area contributed by atoms with Gasteiger partial charge in [-0.2, -0.15) is 0 Å². The molecule has 0 saturated heterocycles. The van der Waals surface area contributed by atoms with Crippen LogP contribution in [0.2, 0.25) is 0 Å². The van der Waals surface area contributed by atoms with Crippen molar-refractivity contribution in [2.45, 2.75) is 6.92 Å². The lowest BCUT2D eigenvalue weighted by atomic mass is 10.1. The zero-order chi connectivity index (χ0) is 13.1. The summed E-state index contributed by atoms with van der Waals surface area (Å²) in [6.45, 7) is 1.56. The fourth-order valence-corrected chi connectivity index (χ4v) is 1.43. The topological polar surface area (TPSA) is 93.0 Å². The molecule has 90 valence electrons. The Balaban J connectivity index is 2.52. The highest BCUT2D eigenvalue weighted by molar-refractivity contribution is 6.12. The number of aromatic carboxylic acids is 1. The normalized spacial score (nSPS) is 10.1. The number of ketones is 1. The van der Waals surface area contributed by atoms with Gasteiger partial charge in [-0.15, -0.1) is 0 Å². The second kappa shape index (κ2) is 4.70. The molecular weight excluding hydrogens is 234 g/mol. The minimum Gasteiger partial charge on any atom is -0.476 e. The van der Waals surface area contributed by atoms with E-state index in [1.165, 1.54) is 18.5 Å². The first-order chi connectivity index (χ1) is 8.59. The summed E-state index contributed by atoms with van der Waals surface area (Å²) in [6.07, 6.45) is 2.67. The maximum atomic E-state index is 12.1. The van der Waals surface area contributed by atoms with Gasteiger partial charge in [0.05, 0.1) is 5.56 Å². The number of pyridine rings is 1. The van der Waals surface area contributed by atoms with Crippen LogP contribution in [0.4, 0.5) is 0 Å². The van der Waals surface area contributed by atoms with Gasteiger partial charge in [0.15, 0.2) is 5.69 Å². The highest BCUT2D eigenvalue weighted by Crippen LogP contribution is 2.11. The van der Waals surface area contributed by atoms with Gasteiger partial charge in [-0.05, 0) is 19.1 Å². The molecule has 18 heavy (non-hydrogen) atoms. The van der Waals surface area contributed by atoms with Gasteiger partial charge in [0.2, 0.25) is 5.78 Å². The minimum absolute atomic E-state index is 0.0631. The van der Waals surface area contributed by atoms with E-state index in [0.29, 0.717) is 5.82 Å². The predicted octanol–water partition coefficient (Wildman–Crippen LogP) is 1.11. The fourth-order valence-electron chi connectivity index (χ4n) is 1.43. The molecule has 0 aliphatic rings. The quantitative estimate of drug-likeness (QED) is 0.811. The Morgan fingerprint density at radius 2 is 2.00 bits per heavy atom. The van der Waals surface area contributed by atoms with Gasteiger partial charge < -0.3 is 5.11 Å². The lowest BCUT2D eigenvalue weighted by Gasteiger charge is -2.04. The van der Waals surface area contributed by atoms with Crippen molar-refractivity contribution in [3.8, 4) is 0 Å². The summed E-state index contributed by atoms with van der Waals surface area (Å²) < 4.78 is 0. The van der Waals surface area contributed by atoms with Crippen molar-refractivity contribution in [3.63, 3.8) is 0 Å². The summed E-state index contributed by atoms with van der Waals surface area (Å²) in [5.74, 6) is -1.47. The second-order valence-corrected chi connectivity index (χ2v) is 3.53. The van der Waals surface area contributed by atoms with Crippen LogP contribution < -0.4 is 0 Å². The van der Waals surface area contributed by atoms with Crippen molar-refractivity contribution in [2.75, 3.05) is 0 Å². The highest BCUT2D eigenvalue weighted by Gasteiger charge is 2.20. The van der Waals surface area contributed by atoms with E-state index in [2.05, 4.69) is 15.0 Å². The summed E-state index contributed by atoms with van der Waals surface area (Å²) >= 11 is 0. The molecule has 6 nitrogen and oxygen atoms in total. The maximum Gasteiger partial charge on any atom is 0.355 e. The third kappa shape index (κ3) is 2.22. The van der Waals surface area contributed by atoms with Crippen molar-refractivity contribution >= 4 is 11.8 Å². The van der Waals surface area contributed by atoms with Gasteiger partial charge in [-0.1, -0.05) is 6.07 Å². The lowest BCUT2D eigenvalue weighted by Crippen LogP contribution is -2.14. The number of carboxylic acids is 1. The smallest absolute Gasteiger partial charge is 0.355 e. The molecule has 0 amide bonds. The average molecular weight is 243 g/mol.